The van der Waals surface area contributed by atoms with Crippen molar-refractivity contribution in [3.8, 4) is 0 Å². The lowest BCUT2D eigenvalue weighted by molar-refractivity contribution is 0.573. The molecule has 0 spiro atoms. The van der Waals surface area contributed by atoms with Crippen LogP contribution in [0, 0.1) is 0 Å². The number of rotatable bonds is 6. The monoisotopic (exact) mass is 485 g/mol. The summed E-state index contributed by atoms with van der Waals surface area (Å²) in [5.74, 6) is 1.94. The number of anilines is 1. The van der Waals surface area contributed by atoms with Gasteiger partial charge in [-0.15, -0.1) is 35.3 Å². The Bertz CT molecular complexity index is 668. The summed E-state index contributed by atoms with van der Waals surface area (Å²) in [5, 5.41) is 8.88. The van der Waals surface area contributed by atoms with Crippen LogP contribution in [0.25, 0.3) is 0 Å². The largest absolute Gasteiger partial charge is 0.357 e. The number of aliphatic imine (C=N–C) groups is 1. The van der Waals surface area contributed by atoms with Gasteiger partial charge in [0.1, 0.15) is 5.82 Å². The van der Waals surface area contributed by atoms with Crippen LogP contribution >= 0.6 is 35.3 Å². The molecule has 0 bridgehead atoms. The van der Waals surface area contributed by atoms with Crippen molar-refractivity contribution >= 4 is 47.1 Å². The molecule has 142 valence electrons. The number of hydrogen-bond acceptors (Lipinski definition) is 4. The molecular formula is C19H28IN5S. The maximum Gasteiger partial charge on any atom is 0.191 e. The molecule has 0 aromatic carbocycles. The summed E-state index contributed by atoms with van der Waals surface area (Å²) in [6.07, 6.45) is 6.81. The molecule has 3 rings (SSSR count). The zero-order valence-corrected chi connectivity index (χ0v) is 18.4. The lowest BCUT2D eigenvalue weighted by Gasteiger charge is -2.28. The molecule has 26 heavy (non-hydrogen) atoms. The number of pyridine rings is 1. The van der Waals surface area contributed by atoms with Gasteiger partial charge in [0, 0.05) is 44.3 Å². The van der Waals surface area contributed by atoms with Gasteiger partial charge in [-0.1, -0.05) is 6.07 Å². The van der Waals surface area contributed by atoms with E-state index >= 15 is 0 Å². The summed E-state index contributed by atoms with van der Waals surface area (Å²) in [7, 11) is 1.81. The predicted octanol–water partition coefficient (Wildman–Crippen LogP) is 3.66. The van der Waals surface area contributed by atoms with Crippen molar-refractivity contribution in [2.45, 2.75) is 32.2 Å². The van der Waals surface area contributed by atoms with Crippen molar-refractivity contribution in [1.29, 1.82) is 0 Å². The van der Waals surface area contributed by atoms with E-state index in [0.717, 1.165) is 44.4 Å². The number of thiophene rings is 1. The molecule has 0 saturated carbocycles. The number of piperidine rings is 1. The van der Waals surface area contributed by atoms with Crippen molar-refractivity contribution in [3.63, 3.8) is 0 Å². The van der Waals surface area contributed by atoms with E-state index in [2.05, 4.69) is 55.2 Å². The van der Waals surface area contributed by atoms with E-state index < -0.39 is 0 Å². The average molecular weight is 485 g/mol. The SMILES string of the molecule is CN=C(NCCc1cccs1)NCc1ccnc(N2CCCCC2)c1.I. The molecule has 0 aliphatic carbocycles. The molecule has 0 atom stereocenters. The maximum absolute atomic E-state index is 4.54. The standard InChI is InChI=1S/C19H27N5S.HI/c1-20-19(22-10-8-17-6-5-13-25-17)23-15-16-7-9-21-18(14-16)24-11-3-2-4-12-24;/h5-7,9,13-14H,2-4,8,10-12,15H2,1H3,(H2,20,22,23);1H. The average Bonchev–Trinajstić information content (AvgIpc) is 3.19. The summed E-state index contributed by atoms with van der Waals surface area (Å²) in [6, 6.07) is 8.52. The molecule has 0 amide bonds. The molecule has 2 N–H and O–H groups in total. The minimum atomic E-state index is 0. The second-order valence-corrected chi connectivity index (χ2v) is 7.28. The fourth-order valence-electron chi connectivity index (χ4n) is 3.03. The van der Waals surface area contributed by atoms with E-state index in [1.54, 1.807) is 11.3 Å². The highest BCUT2D eigenvalue weighted by atomic mass is 127. The predicted molar refractivity (Wildman–Crippen MR) is 122 cm³/mol. The summed E-state index contributed by atoms with van der Waals surface area (Å²) >= 11 is 1.80. The Kier molecular flexibility index (Phi) is 9.17. The van der Waals surface area contributed by atoms with Crippen LogP contribution in [0.5, 0.6) is 0 Å². The first-order valence-corrected chi connectivity index (χ1v) is 9.90. The first-order valence-electron chi connectivity index (χ1n) is 9.02. The maximum atomic E-state index is 4.54. The molecule has 7 heteroatoms. The van der Waals surface area contributed by atoms with Crippen LogP contribution in [-0.4, -0.2) is 37.6 Å². The van der Waals surface area contributed by atoms with Gasteiger partial charge in [-0.2, -0.15) is 0 Å². The van der Waals surface area contributed by atoms with E-state index in [0.29, 0.717) is 0 Å². The van der Waals surface area contributed by atoms with Crippen LogP contribution in [0.15, 0.2) is 40.8 Å². The summed E-state index contributed by atoms with van der Waals surface area (Å²) in [5.41, 5.74) is 1.23. The normalized spacial score (nSPS) is 14.7. The van der Waals surface area contributed by atoms with Crippen molar-refractivity contribution < 1.29 is 0 Å². The van der Waals surface area contributed by atoms with Gasteiger partial charge in [-0.25, -0.2) is 4.98 Å². The van der Waals surface area contributed by atoms with Crippen molar-refractivity contribution in [2.24, 2.45) is 4.99 Å². The quantitative estimate of drug-likeness (QED) is 0.373. The van der Waals surface area contributed by atoms with Gasteiger partial charge in [-0.3, -0.25) is 4.99 Å². The molecule has 1 saturated heterocycles. The molecule has 3 heterocycles. The minimum absolute atomic E-state index is 0. The Morgan fingerprint density at radius 2 is 2.08 bits per heavy atom. The van der Waals surface area contributed by atoms with E-state index in [-0.39, 0.29) is 24.0 Å². The molecule has 1 fully saturated rings. The van der Waals surface area contributed by atoms with Crippen LogP contribution in [0.4, 0.5) is 5.82 Å². The smallest absolute Gasteiger partial charge is 0.191 e. The van der Waals surface area contributed by atoms with Crippen LogP contribution in [0.1, 0.15) is 29.7 Å². The lowest BCUT2D eigenvalue weighted by atomic mass is 10.1. The van der Waals surface area contributed by atoms with Crippen LogP contribution < -0.4 is 15.5 Å². The fraction of sp³-hybridized carbons (Fsp3) is 0.474. The molecular weight excluding hydrogens is 457 g/mol. The highest BCUT2D eigenvalue weighted by Crippen LogP contribution is 2.18. The number of hydrogen-bond donors (Lipinski definition) is 2. The van der Waals surface area contributed by atoms with Crippen LogP contribution in [0.3, 0.4) is 0 Å². The van der Waals surface area contributed by atoms with E-state index in [1.165, 1.54) is 29.7 Å². The summed E-state index contributed by atoms with van der Waals surface area (Å²) < 4.78 is 0. The molecule has 2 aromatic heterocycles. The lowest BCUT2D eigenvalue weighted by Crippen LogP contribution is -2.37. The number of nitrogens with zero attached hydrogens (tertiary/aromatic N) is 3. The van der Waals surface area contributed by atoms with E-state index in [4.69, 9.17) is 0 Å². The first kappa shape index (κ1) is 21.0. The number of halogens is 1. The highest BCUT2D eigenvalue weighted by Gasteiger charge is 2.12. The number of aromatic nitrogens is 1. The van der Waals surface area contributed by atoms with Crippen LogP contribution in [-0.2, 0) is 13.0 Å². The fourth-order valence-corrected chi connectivity index (χ4v) is 3.74. The second kappa shape index (κ2) is 11.4. The molecule has 2 aromatic rings. The molecule has 1 aliphatic heterocycles. The number of guanidine groups is 1. The second-order valence-electron chi connectivity index (χ2n) is 6.25. The topological polar surface area (TPSA) is 52.6 Å². The number of nitrogens with one attached hydrogen (secondary N) is 2. The van der Waals surface area contributed by atoms with Gasteiger partial charge in [0.2, 0.25) is 0 Å². The van der Waals surface area contributed by atoms with Gasteiger partial charge in [0.15, 0.2) is 5.96 Å². The van der Waals surface area contributed by atoms with Gasteiger partial charge >= 0.3 is 0 Å². The summed E-state index contributed by atoms with van der Waals surface area (Å²) in [6.45, 7) is 3.88. The van der Waals surface area contributed by atoms with Crippen LogP contribution in [0.2, 0.25) is 0 Å². The Hall–Kier alpha value is -1.35. The minimum Gasteiger partial charge on any atom is -0.357 e. The third kappa shape index (κ3) is 6.42. The summed E-state index contributed by atoms with van der Waals surface area (Å²) in [4.78, 5) is 12.6. The zero-order chi connectivity index (χ0) is 17.3. The Balaban J connectivity index is 0.00000243. The van der Waals surface area contributed by atoms with Crippen molar-refractivity contribution in [1.82, 2.24) is 15.6 Å². The Labute approximate surface area is 177 Å². The van der Waals surface area contributed by atoms with Gasteiger partial charge in [-0.05, 0) is 54.8 Å². The van der Waals surface area contributed by atoms with E-state index in [1.807, 2.05) is 13.2 Å². The van der Waals surface area contributed by atoms with Gasteiger partial charge in [0.05, 0.1) is 0 Å². The molecule has 5 nitrogen and oxygen atoms in total. The molecule has 1 aliphatic rings. The van der Waals surface area contributed by atoms with Crippen molar-refractivity contribution in [2.75, 3.05) is 31.6 Å². The van der Waals surface area contributed by atoms with Gasteiger partial charge in [0.25, 0.3) is 0 Å². The zero-order valence-electron chi connectivity index (χ0n) is 15.3. The third-order valence-corrected chi connectivity index (χ3v) is 5.35. The Morgan fingerprint density at radius 1 is 1.23 bits per heavy atom. The Morgan fingerprint density at radius 3 is 2.81 bits per heavy atom. The third-order valence-electron chi connectivity index (χ3n) is 4.42. The molecule has 0 unspecified atom stereocenters. The van der Waals surface area contributed by atoms with Crippen molar-refractivity contribution in [3.05, 3.63) is 46.3 Å². The molecule has 0 radical (unpaired) electrons. The van der Waals surface area contributed by atoms with E-state index in [9.17, 15) is 0 Å². The van der Waals surface area contributed by atoms with Gasteiger partial charge < -0.3 is 15.5 Å². The first-order chi connectivity index (χ1) is 12.3. The highest BCUT2D eigenvalue weighted by molar-refractivity contribution is 14.0.